The Bertz CT molecular complexity index is 251. The molecule has 0 N–H and O–H groups in total. The molecule has 0 aromatic heterocycles. The van der Waals surface area contributed by atoms with E-state index in [2.05, 4.69) is 16.7 Å². The zero-order valence-corrected chi connectivity index (χ0v) is 11.3. The maximum Gasteiger partial charge on any atom is 0.143 e. The highest BCUT2D eigenvalue weighted by atomic mass is 16.1. The maximum absolute atomic E-state index is 11.1. The van der Waals surface area contributed by atoms with E-state index >= 15 is 0 Å². The zero-order chi connectivity index (χ0) is 12.3. The van der Waals surface area contributed by atoms with Gasteiger partial charge in [-0.3, -0.25) is 9.69 Å². The Morgan fingerprint density at radius 2 is 1.65 bits per heavy atom. The van der Waals surface area contributed by atoms with Crippen molar-refractivity contribution in [3.8, 4) is 0 Å². The average Bonchev–Trinajstić information content (AvgIpc) is 2.30. The Kier molecular flexibility index (Phi) is 4.57. The molecule has 0 unspecified atom stereocenters. The number of carbonyl (C=O) groups excluding carboxylic acids is 1. The predicted molar refractivity (Wildman–Crippen MR) is 70.1 cm³/mol. The Morgan fingerprint density at radius 1 is 1.06 bits per heavy atom. The standard InChI is InChI=1S/C14H26N2O/c1-12-3-9-16(10-4-12)14-5-7-15(8-6-14)11-13(2)17/h12,14H,3-11H2,1-2H3. The molecule has 0 aromatic rings. The molecular weight excluding hydrogens is 212 g/mol. The zero-order valence-electron chi connectivity index (χ0n) is 11.3. The normalized spacial score (nSPS) is 26.2. The van der Waals surface area contributed by atoms with Crippen LogP contribution in [0.25, 0.3) is 0 Å². The molecule has 0 saturated carbocycles. The Balaban J connectivity index is 1.73. The van der Waals surface area contributed by atoms with Gasteiger partial charge in [0.05, 0.1) is 6.54 Å². The molecule has 2 aliphatic heterocycles. The second kappa shape index (κ2) is 5.96. The molecule has 3 heteroatoms. The van der Waals surface area contributed by atoms with Gasteiger partial charge in [-0.05, 0) is 51.6 Å². The van der Waals surface area contributed by atoms with Crippen molar-refractivity contribution >= 4 is 5.78 Å². The fraction of sp³-hybridized carbons (Fsp3) is 0.929. The van der Waals surface area contributed by atoms with Gasteiger partial charge in [0.15, 0.2) is 0 Å². The van der Waals surface area contributed by atoms with Crippen molar-refractivity contribution in [2.75, 3.05) is 32.7 Å². The van der Waals surface area contributed by atoms with Crippen LogP contribution in [0.5, 0.6) is 0 Å². The number of hydrogen-bond donors (Lipinski definition) is 0. The number of rotatable bonds is 3. The molecule has 0 amide bonds. The molecule has 0 radical (unpaired) electrons. The molecule has 17 heavy (non-hydrogen) atoms. The summed E-state index contributed by atoms with van der Waals surface area (Å²) < 4.78 is 0. The third-order valence-corrected chi connectivity index (χ3v) is 4.34. The van der Waals surface area contributed by atoms with Gasteiger partial charge in [-0.25, -0.2) is 0 Å². The van der Waals surface area contributed by atoms with Crippen LogP contribution in [-0.4, -0.2) is 54.3 Å². The number of ketones is 1. The number of piperidine rings is 2. The van der Waals surface area contributed by atoms with Gasteiger partial charge in [0.2, 0.25) is 0 Å². The van der Waals surface area contributed by atoms with Crippen molar-refractivity contribution in [2.45, 2.75) is 45.6 Å². The van der Waals surface area contributed by atoms with Gasteiger partial charge in [0, 0.05) is 19.1 Å². The third-order valence-electron chi connectivity index (χ3n) is 4.34. The van der Waals surface area contributed by atoms with Crippen molar-refractivity contribution in [1.82, 2.24) is 9.80 Å². The van der Waals surface area contributed by atoms with E-state index in [4.69, 9.17) is 0 Å². The highest BCUT2D eigenvalue weighted by Gasteiger charge is 2.27. The first-order valence-electron chi connectivity index (χ1n) is 7.11. The van der Waals surface area contributed by atoms with Crippen LogP contribution in [0.15, 0.2) is 0 Å². The summed E-state index contributed by atoms with van der Waals surface area (Å²) in [5.41, 5.74) is 0. The summed E-state index contributed by atoms with van der Waals surface area (Å²) in [7, 11) is 0. The molecule has 3 nitrogen and oxygen atoms in total. The third kappa shape index (κ3) is 3.78. The van der Waals surface area contributed by atoms with Crippen LogP contribution in [-0.2, 0) is 4.79 Å². The Labute approximate surface area is 105 Å². The molecule has 2 aliphatic rings. The molecule has 2 heterocycles. The Morgan fingerprint density at radius 3 is 2.18 bits per heavy atom. The average molecular weight is 238 g/mol. The van der Waals surface area contributed by atoms with Crippen molar-refractivity contribution in [2.24, 2.45) is 5.92 Å². The number of likely N-dealkylation sites (tertiary alicyclic amines) is 2. The second-order valence-electron chi connectivity index (χ2n) is 5.93. The van der Waals surface area contributed by atoms with Crippen LogP contribution in [0.1, 0.15) is 39.5 Å². The number of hydrogen-bond acceptors (Lipinski definition) is 3. The van der Waals surface area contributed by atoms with Gasteiger partial charge < -0.3 is 4.90 Å². The largest absolute Gasteiger partial charge is 0.300 e. The fourth-order valence-electron chi connectivity index (χ4n) is 3.15. The molecule has 0 bridgehead atoms. The van der Waals surface area contributed by atoms with Gasteiger partial charge in [-0.2, -0.15) is 0 Å². The number of nitrogens with zero attached hydrogens (tertiary/aromatic N) is 2. The van der Waals surface area contributed by atoms with Gasteiger partial charge in [0.25, 0.3) is 0 Å². The molecule has 2 saturated heterocycles. The number of Topliss-reactive ketones (excluding diaryl/α,β-unsaturated/α-hetero) is 1. The molecule has 0 atom stereocenters. The number of carbonyl (C=O) groups is 1. The first-order valence-corrected chi connectivity index (χ1v) is 7.11. The van der Waals surface area contributed by atoms with Gasteiger partial charge in [-0.1, -0.05) is 6.92 Å². The minimum absolute atomic E-state index is 0.301. The maximum atomic E-state index is 11.1. The first-order chi connectivity index (χ1) is 8.15. The summed E-state index contributed by atoms with van der Waals surface area (Å²) in [6.45, 7) is 9.51. The summed E-state index contributed by atoms with van der Waals surface area (Å²) in [5, 5.41) is 0. The predicted octanol–water partition coefficient (Wildman–Crippen LogP) is 1.77. The van der Waals surface area contributed by atoms with Crippen LogP contribution in [0, 0.1) is 5.92 Å². The second-order valence-corrected chi connectivity index (χ2v) is 5.93. The van der Waals surface area contributed by atoms with Crippen LogP contribution in [0.3, 0.4) is 0 Å². The summed E-state index contributed by atoms with van der Waals surface area (Å²) >= 11 is 0. The monoisotopic (exact) mass is 238 g/mol. The summed E-state index contributed by atoms with van der Waals surface area (Å²) in [6.07, 6.45) is 5.24. The molecule has 2 fully saturated rings. The van der Waals surface area contributed by atoms with Crippen molar-refractivity contribution in [3.05, 3.63) is 0 Å². The van der Waals surface area contributed by atoms with E-state index in [-0.39, 0.29) is 0 Å². The smallest absolute Gasteiger partial charge is 0.143 e. The fourth-order valence-corrected chi connectivity index (χ4v) is 3.15. The SMILES string of the molecule is CC(=O)CN1CCC(N2CCC(C)CC2)CC1. The van der Waals surface area contributed by atoms with Crippen molar-refractivity contribution in [1.29, 1.82) is 0 Å². The van der Waals surface area contributed by atoms with E-state index in [9.17, 15) is 4.79 Å². The molecule has 98 valence electrons. The molecular formula is C14H26N2O. The van der Waals surface area contributed by atoms with Crippen LogP contribution in [0.2, 0.25) is 0 Å². The van der Waals surface area contributed by atoms with Crippen molar-refractivity contribution < 1.29 is 4.79 Å². The lowest BCUT2D eigenvalue weighted by Crippen LogP contribution is -2.48. The summed E-state index contributed by atoms with van der Waals surface area (Å²) in [4.78, 5) is 16.1. The topological polar surface area (TPSA) is 23.6 Å². The minimum Gasteiger partial charge on any atom is -0.300 e. The van der Waals surface area contributed by atoms with Gasteiger partial charge in [0.1, 0.15) is 5.78 Å². The van der Waals surface area contributed by atoms with E-state index in [0.717, 1.165) is 25.0 Å². The highest BCUT2D eigenvalue weighted by molar-refractivity contribution is 5.77. The molecule has 0 spiro atoms. The minimum atomic E-state index is 0.301. The van der Waals surface area contributed by atoms with Gasteiger partial charge >= 0.3 is 0 Å². The van der Waals surface area contributed by atoms with Crippen LogP contribution in [0.4, 0.5) is 0 Å². The van der Waals surface area contributed by atoms with Crippen LogP contribution >= 0.6 is 0 Å². The van der Waals surface area contributed by atoms with E-state index in [0.29, 0.717) is 12.3 Å². The quantitative estimate of drug-likeness (QED) is 0.748. The van der Waals surface area contributed by atoms with Crippen LogP contribution < -0.4 is 0 Å². The molecule has 0 aliphatic carbocycles. The van der Waals surface area contributed by atoms with E-state index in [1.807, 2.05) is 0 Å². The molecule has 2 rings (SSSR count). The van der Waals surface area contributed by atoms with Gasteiger partial charge in [-0.15, -0.1) is 0 Å². The lowest BCUT2D eigenvalue weighted by molar-refractivity contribution is -0.118. The van der Waals surface area contributed by atoms with Crippen molar-refractivity contribution in [3.63, 3.8) is 0 Å². The van der Waals surface area contributed by atoms with E-state index in [1.165, 1.54) is 38.8 Å². The highest BCUT2D eigenvalue weighted by Crippen LogP contribution is 2.23. The summed E-state index contributed by atoms with van der Waals surface area (Å²) in [6, 6.07) is 0.783. The first kappa shape index (κ1) is 13.0. The lowest BCUT2D eigenvalue weighted by atomic mass is 9.95. The van der Waals surface area contributed by atoms with E-state index < -0.39 is 0 Å². The Hall–Kier alpha value is -0.410. The molecule has 0 aromatic carbocycles. The lowest BCUT2D eigenvalue weighted by Gasteiger charge is -2.41. The summed E-state index contributed by atoms with van der Waals surface area (Å²) in [5.74, 6) is 1.22. The van der Waals surface area contributed by atoms with E-state index in [1.54, 1.807) is 6.92 Å².